The number of amides is 1. The van der Waals surface area contributed by atoms with Gasteiger partial charge in [0.2, 0.25) is 0 Å². The molecule has 1 amide bonds. The van der Waals surface area contributed by atoms with Crippen LogP contribution in [0.5, 0.6) is 0 Å². The van der Waals surface area contributed by atoms with E-state index in [0.717, 1.165) is 14.9 Å². The van der Waals surface area contributed by atoms with E-state index in [1.54, 1.807) is 6.92 Å². The number of ether oxygens (including phenoxy) is 1. The molecule has 0 radical (unpaired) electrons. The molecule has 0 saturated heterocycles. The molecule has 0 aliphatic rings. The molecule has 2 atom stereocenters. The van der Waals surface area contributed by atoms with E-state index < -0.39 is 12.1 Å². The quantitative estimate of drug-likeness (QED) is 0.533. The van der Waals surface area contributed by atoms with E-state index in [-0.39, 0.29) is 17.7 Å². The van der Waals surface area contributed by atoms with Crippen LogP contribution in [0.3, 0.4) is 0 Å². The van der Waals surface area contributed by atoms with Crippen LogP contribution in [-0.2, 0) is 14.3 Å². The lowest BCUT2D eigenvalue weighted by molar-refractivity contribution is -0.152. The molecule has 0 bridgehead atoms. The highest BCUT2D eigenvalue weighted by molar-refractivity contribution is 9.10. The summed E-state index contributed by atoms with van der Waals surface area (Å²) in [5, 5.41) is 2.85. The van der Waals surface area contributed by atoms with E-state index in [0.29, 0.717) is 0 Å². The van der Waals surface area contributed by atoms with E-state index in [9.17, 15) is 9.59 Å². The third-order valence-corrected chi connectivity index (χ3v) is 5.02. The van der Waals surface area contributed by atoms with Gasteiger partial charge in [0.05, 0.1) is 11.8 Å². The van der Waals surface area contributed by atoms with Crippen LogP contribution in [0.1, 0.15) is 25.5 Å². The largest absolute Gasteiger partial charge is 0.452 e. The number of nitrogens with one attached hydrogen (secondary N) is 1. The van der Waals surface area contributed by atoms with Crippen molar-refractivity contribution >= 4 is 39.6 Å². The highest BCUT2D eigenvalue weighted by Crippen LogP contribution is 2.21. The minimum absolute atomic E-state index is 0.146. The second-order valence-electron chi connectivity index (χ2n) is 5.52. The van der Waals surface area contributed by atoms with E-state index in [2.05, 4.69) is 21.2 Å². The maximum atomic E-state index is 12.2. The van der Waals surface area contributed by atoms with Crippen molar-refractivity contribution in [1.29, 1.82) is 0 Å². The minimum atomic E-state index is -0.829. The number of thioether (sulfide) groups is 1. The monoisotopic (exact) mass is 421 g/mol. The van der Waals surface area contributed by atoms with Gasteiger partial charge in [-0.25, -0.2) is 0 Å². The lowest BCUT2D eigenvalue weighted by Crippen LogP contribution is -2.37. The van der Waals surface area contributed by atoms with Crippen LogP contribution in [0.25, 0.3) is 0 Å². The average molecular weight is 422 g/mol. The second-order valence-corrected chi connectivity index (χ2v) is 7.48. The smallest absolute Gasteiger partial charge is 0.317 e. The Bertz CT molecular complexity index is 706. The van der Waals surface area contributed by atoms with Crippen molar-refractivity contribution in [2.45, 2.75) is 30.9 Å². The molecule has 0 fully saturated rings. The van der Waals surface area contributed by atoms with Crippen molar-refractivity contribution in [1.82, 2.24) is 5.32 Å². The molecular formula is C19H20BrNO3S. The summed E-state index contributed by atoms with van der Waals surface area (Å²) in [5.41, 5.74) is 1.00. The lowest BCUT2D eigenvalue weighted by Gasteiger charge is -2.18. The number of hydrogen-bond donors (Lipinski definition) is 1. The molecule has 6 heteroatoms. The first-order valence-electron chi connectivity index (χ1n) is 7.89. The van der Waals surface area contributed by atoms with Crippen LogP contribution in [0.4, 0.5) is 0 Å². The Kier molecular flexibility index (Phi) is 7.52. The molecule has 0 aliphatic carbocycles. The molecule has 2 aromatic rings. The number of carbonyl (C=O) groups is 2. The van der Waals surface area contributed by atoms with Gasteiger partial charge < -0.3 is 10.1 Å². The Balaban J connectivity index is 1.77. The summed E-state index contributed by atoms with van der Waals surface area (Å²) in [7, 11) is 0. The van der Waals surface area contributed by atoms with Gasteiger partial charge in [-0.15, -0.1) is 11.8 Å². The summed E-state index contributed by atoms with van der Waals surface area (Å²) < 4.78 is 6.20. The SMILES string of the molecule is CC(OC(=O)CSc1ccc(Br)cc1)C(=O)NC(C)c1ccccc1. The summed E-state index contributed by atoms with van der Waals surface area (Å²) in [6.07, 6.45) is -0.829. The standard InChI is InChI=1S/C19H20BrNO3S/c1-13(15-6-4-3-5-7-15)21-19(23)14(2)24-18(22)12-25-17-10-8-16(20)9-11-17/h3-11,13-14H,12H2,1-2H3,(H,21,23). The summed E-state index contributed by atoms with van der Waals surface area (Å²) >= 11 is 4.74. The van der Waals surface area contributed by atoms with Crippen molar-refractivity contribution in [2.75, 3.05) is 5.75 Å². The molecule has 0 spiro atoms. The first-order chi connectivity index (χ1) is 12.0. The summed E-state index contributed by atoms with van der Waals surface area (Å²) in [6.45, 7) is 3.47. The highest BCUT2D eigenvalue weighted by atomic mass is 79.9. The number of benzene rings is 2. The second kappa shape index (κ2) is 9.63. The number of carbonyl (C=O) groups excluding carboxylic acids is 2. The van der Waals surface area contributed by atoms with Crippen molar-refractivity contribution in [3.05, 3.63) is 64.6 Å². The predicted octanol–water partition coefficient (Wildman–Crippen LogP) is 4.35. The van der Waals surface area contributed by atoms with Gasteiger partial charge in [0.1, 0.15) is 0 Å². The Morgan fingerprint density at radius 1 is 1.08 bits per heavy atom. The Morgan fingerprint density at radius 3 is 2.36 bits per heavy atom. The van der Waals surface area contributed by atoms with Crippen molar-refractivity contribution in [2.24, 2.45) is 0 Å². The van der Waals surface area contributed by atoms with Crippen LogP contribution < -0.4 is 5.32 Å². The maximum Gasteiger partial charge on any atom is 0.317 e. The van der Waals surface area contributed by atoms with Crippen LogP contribution in [0.2, 0.25) is 0 Å². The third-order valence-electron chi connectivity index (χ3n) is 3.51. The van der Waals surface area contributed by atoms with Gasteiger partial charge in [0.25, 0.3) is 5.91 Å². The van der Waals surface area contributed by atoms with Crippen LogP contribution in [-0.4, -0.2) is 23.7 Å². The van der Waals surface area contributed by atoms with Crippen LogP contribution >= 0.6 is 27.7 Å². The summed E-state index contributed by atoms with van der Waals surface area (Å²) in [6, 6.07) is 17.1. The van der Waals surface area contributed by atoms with E-state index >= 15 is 0 Å². The molecule has 0 saturated carbocycles. The first-order valence-corrected chi connectivity index (χ1v) is 9.66. The fraction of sp³-hybridized carbons (Fsp3) is 0.263. The molecular weight excluding hydrogens is 402 g/mol. The van der Waals surface area contributed by atoms with Gasteiger partial charge in [-0.1, -0.05) is 46.3 Å². The molecule has 2 aromatic carbocycles. The van der Waals surface area contributed by atoms with Crippen molar-refractivity contribution in [3.63, 3.8) is 0 Å². The Hall–Kier alpha value is -1.79. The number of rotatable bonds is 7. The molecule has 2 rings (SSSR count). The van der Waals surface area contributed by atoms with Crippen molar-refractivity contribution in [3.8, 4) is 0 Å². The Labute approximate surface area is 160 Å². The minimum Gasteiger partial charge on any atom is -0.452 e. The molecule has 4 nitrogen and oxygen atoms in total. The van der Waals surface area contributed by atoms with Crippen LogP contribution in [0.15, 0.2) is 64.0 Å². The highest BCUT2D eigenvalue weighted by Gasteiger charge is 2.20. The van der Waals surface area contributed by atoms with E-state index in [1.165, 1.54) is 11.8 Å². The zero-order valence-electron chi connectivity index (χ0n) is 14.1. The topological polar surface area (TPSA) is 55.4 Å². The average Bonchev–Trinajstić information content (AvgIpc) is 2.61. The van der Waals surface area contributed by atoms with Gasteiger partial charge in [-0.2, -0.15) is 0 Å². The zero-order valence-corrected chi connectivity index (χ0v) is 16.5. The van der Waals surface area contributed by atoms with Gasteiger partial charge >= 0.3 is 5.97 Å². The molecule has 2 unspecified atom stereocenters. The van der Waals surface area contributed by atoms with E-state index in [1.807, 2.05) is 61.5 Å². The number of halogens is 1. The molecule has 0 aliphatic heterocycles. The maximum absolute atomic E-state index is 12.2. The summed E-state index contributed by atoms with van der Waals surface area (Å²) in [5.74, 6) is -0.561. The van der Waals surface area contributed by atoms with Crippen molar-refractivity contribution < 1.29 is 14.3 Å². The molecule has 25 heavy (non-hydrogen) atoms. The number of hydrogen-bond acceptors (Lipinski definition) is 4. The Morgan fingerprint density at radius 2 is 1.72 bits per heavy atom. The van der Waals surface area contributed by atoms with Gasteiger partial charge in [0.15, 0.2) is 6.10 Å². The fourth-order valence-corrected chi connectivity index (χ4v) is 3.06. The normalized spacial score (nSPS) is 12.9. The van der Waals surface area contributed by atoms with Gasteiger partial charge in [-0.05, 0) is 43.7 Å². The predicted molar refractivity (Wildman–Crippen MR) is 103 cm³/mol. The molecule has 132 valence electrons. The van der Waals surface area contributed by atoms with E-state index in [4.69, 9.17) is 4.74 Å². The molecule has 0 aromatic heterocycles. The first kappa shape index (κ1) is 19.5. The molecule has 0 heterocycles. The third kappa shape index (κ3) is 6.55. The van der Waals surface area contributed by atoms with Gasteiger partial charge in [-0.3, -0.25) is 9.59 Å². The van der Waals surface area contributed by atoms with Crippen LogP contribution in [0, 0.1) is 0 Å². The van der Waals surface area contributed by atoms with Gasteiger partial charge in [0, 0.05) is 9.37 Å². The lowest BCUT2D eigenvalue weighted by atomic mass is 10.1. The molecule has 1 N–H and O–H groups in total. The number of esters is 1. The fourth-order valence-electron chi connectivity index (χ4n) is 2.11. The summed E-state index contributed by atoms with van der Waals surface area (Å²) in [4.78, 5) is 25.1. The zero-order chi connectivity index (χ0) is 18.2.